The lowest BCUT2D eigenvalue weighted by atomic mass is 10.2. The third-order valence-corrected chi connectivity index (χ3v) is 5.77. The molecule has 4 rings (SSSR count). The zero-order valence-electron chi connectivity index (χ0n) is 15.3. The molecule has 3 aromatic heterocycles. The summed E-state index contributed by atoms with van der Waals surface area (Å²) >= 11 is 2.92. The van der Waals surface area contributed by atoms with Gasteiger partial charge in [-0.25, -0.2) is 15.0 Å². The van der Waals surface area contributed by atoms with Crippen LogP contribution in [0.15, 0.2) is 53.9 Å². The molecule has 0 radical (unpaired) electrons. The van der Waals surface area contributed by atoms with Crippen LogP contribution < -0.4 is 10.6 Å². The normalized spacial score (nSPS) is 10.6. The van der Waals surface area contributed by atoms with Crippen LogP contribution in [0.2, 0.25) is 0 Å². The third-order valence-electron chi connectivity index (χ3n) is 3.91. The van der Waals surface area contributed by atoms with Crippen LogP contribution in [0.3, 0.4) is 0 Å². The van der Waals surface area contributed by atoms with E-state index in [2.05, 4.69) is 25.6 Å². The molecule has 2 N–H and O–H groups in total. The summed E-state index contributed by atoms with van der Waals surface area (Å²) in [6, 6.07) is 14.9. The molecule has 0 saturated heterocycles. The monoisotopic (exact) mass is 407 g/mol. The van der Waals surface area contributed by atoms with Gasteiger partial charge in [0.25, 0.3) is 5.91 Å². The molecule has 0 atom stereocenters. The predicted octanol–water partition coefficient (Wildman–Crippen LogP) is 5.27. The number of carbonyl (C=O) groups is 1. The van der Waals surface area contributed by atoms with E-state index in [1.807, 2.05) is 55.6 Å². The maximum atomic E-state index is 12.3. The number of nitrogens with one attached hydrogen (secondary N) is 2. The molecule has 0 spiro atoms. The predicted molar refractivity (Wildman–Crippen MR) is 115 cm³/mol. The van der Waals surface area contributed by atoms with E-state index in [1.165, 1.54) is 22.7 Å². The topological polar surface area (TPSA) is 79.8 Å². The van der Waals surface area contributed by atoms with Gasteiger partial charge < -0.3 is 5.32 Å². The van der Waals surface area contributed by atoms with Gasteiger partial charge in [0, 0.05) is 16.6 Å². The number of thiazole rings is 2. The molecule has 0 aliphatic heterocycles. The lowest BCUT2D eigenvalue weighted by Crippen LogP contribution is -2.11. The van der Waals surface area contributed by atoms with E-state index in [1.54, 1.807) is 12.1 Å². The summed E-state index contributed by atoms with van der Waals surface area (Å²) in [6.45, 7) is 3.86. The molecular weight excluding hydrogens is 390 g/mol. The number of benzene rings is 1. The van der Waals surface area contributed by atoms with Gasteiger partial charge in [0.15, 0.2) is 10.3 Å². The molecule has 1 aromatic carbocycles. The Labute approximate surface area is 170 Å². The summed E-state index contributed by atoms with van der Waals surface area (Å²) in [6.07, 6.45) is 0. The second kappa shape index (κ2) is 7.87. The van der Waals surface area contributed by atoms with Gasteiger partial charge in [0.1, 0.15) is 5.82 Å². The van der Waals surface area contributed by atoms with Crippen LogP contribution in [0.1, 0.15) is 21.7 Å². The van der Waals surface area contributed by atoms with E-state index in [4.69, 9.17) is 0 Å². The van der Waals surface area contributed by atoms with Crippen molar-refractivity contribution in [3.8, 4) is 10.6 Å². The Balaban J connectivity index is 1.51. The molecule has 28 heavy (non-hydrogen) atoms. The molecular formula is C20H17N5OS2. The van der Waals surface area contributed by atoms with Crippen molar-refractivity contribution in [2.45, 2.75) is 13.8 Å². The van der Waals surface area contributed by atoms with Gasteiger partial charge in [0.2, 0.25) is 0 Å². The number of aryl methyl sites for hydroxylation is 2. The van der Waals surface area contributed by atoms with E-state index >= 15 is 0 Å². The maximum absolute atomic E-state index is 12.3. The zero-order valence-corrected chi connectivity index (χ0v) is 16.9. The number of rotatable bonds is 5. The largest absolute Gasteiger partial charge is 0.316 e. The number of aromatic nitrogens is 3. The Morgan fingerprint density at radius 1 is 0.929 bits per heavy atom. The highest BCUT2D eigenvalue weighted by Gasteiger charge is 2.15. The fraction of sp³-hybridized carbons (Fsp3) is 0.100. The van der Waals surface area contributed by atoms with Gasteiger partial charge in [-0.3, -0.25) is 10.1 Å². The molecule has 3 heterocycles. The standard InChI is InChI=1S/C20H17N5OS2/c1-12-7-6-10-16(21-12)24-19-23-15(11-27-19)17-13(2)22-20(28-17)25-18(26)14-8-4-3-5-9-14/h3-11H,1-2H3,(H,21,23,24)(H,22,25,26). The third kappa shape index (κ3) is 4.08. The average molecular weight is 408 g/mol. The molecule has 0 aliphatic rings. The highest BCUT2D eigenvalue weighted by molar-refractivity contribution is 7.20. The fourth-order valence-electron chi connectivity index (χ4n) is 2.60. The van der Waals surface area contributed by atoms with E-state index in [0.29, 0.717) is 10.7 Å². The van der Waals surface area contributed by atoms with Crippen molar-refractivity contribution in [2.24, 2.45) is 0 Å². The molecule has 6 nitrogen and oxygen atoms in total. The average Bonchev–Trinajstić information content (AvgIpc) is 3.28. The molecule has 0 fully saturated rings. The van der Waals surface area contributed by atoms with Gasteiger partial charge in [-0.2, -0.15) is 0 Å². The lowest BCUT2D eigenvalue weighted by Gasteiger charge is -2.01. The number of carbonyl (C=O) groups excluding carboxylic acids is 1. The summed E-state index contributed by atoms with van der Waals surface area (Å²) in [7, 11) is 0. The van der Waals surface area contributed by atoms with E-state index in [-0.39, 0.29) is 5.91 Å². The summed E-state index contributed by atoms with van der Waals surface area (Å²) in [5.74, 6) is 0.588. The van der Waals surface area contributed by atoms with Gasteiger partial charge >= 0.3 is 0 Å². The maximum Gasteiger partial charge on any atom is 0.257 e. The summed E-state index contributed by atoms with van der Waals surface area (Å²) < 4.78 is 0. The molecule has 140 valence electrons. The van der Waals surface area contributed by atoms with Crippen molar-refractivity contribution in [2.75, 3.05) is 10.6 Å². The molecule has 0 saturated carbocycles. The van der Waals surface area contributed by atoms with E-state index in [0.717, 1.165) is 32.9 Å². The first-order valence-electron chi connectivity index (χ1n) is 8.59. The van der Waals surface area contributed by atoms with Crippen LogP contribution in [0.5, 0.6) is 0 Å². The Kier molecular flexibility index (Phi) is 5.14. The van der Waals surface area contributed by atoms with Crippen LogP contribution >= 0.6 is 22.7 Å². The first-order chi connectivity index (χ1) is 13.6. The fourth-order valence-corrected chi connectivity index (χ4v) is 4.31. The first kappa shape index (κ1) is 18.3. The van der Waals surface area contributed by atoms with Crippen molar-refractivity contribution in [1.82, 2.24) is 15.0 Å². The summed E-state index contributed by atoms with van der Waals surface area (Å²) in [5.41, 5.74) is 3.20. The SMILES string of the molecule is Cc1cccc(Nc2nc(-c3sc(NC(=O)c4ccccc4)nc3C)cs2)n1. The quantitative estimate of drug-likeness (QED) is 0.471. The Hall–Kier alpha value is -3.10. The second-order valence-corrected chi connectivity index (χ2v) is 7.94. The zero-order chi connectivity index (χ0) is 19.5. The molecule has 8 heteroatoms. The van der Waals surface area contributed by atoms with E-state index < -0.39 is 0 Å². The number of nitrogens with zero attached hydrogens (tertiary/aromatic N) is 3. The van der Waals surface area contributed by atoms with Crippen molar-refractivity contribution >= 4 is 44.7 Å². The van der Waals surface area contributed by atoms with Crippen molar-refractivity contribution in [1.29, 1.82) is 0 Å². The molecule has 0 bridgehead atoms. The minimum atomic E-state index is -0.174. The number of amides is 1. The number of pyridine rings is 1. The van der Waals surface area contributed by atoms with Crippen molar-refractivity contribution < 1.29 is 4.79 Å². The minimum Gasteiger partial charge on any atom is -0.316 e. The van der Waals surface area contributed by atoms with Gasteiger partial charge in [-0.05, 0) is 38.1 Å². The summed E-state index contributed by atoms with van der Waals surface area (Å²) in [4.78, 5) is 26.8. The van der Waals surface area contributed by atoms with Gasteiger partial charge in [-0.15, -0.1) is 11.3 Å². The Morgan fingerprint density at radius 3 is 2.54 bits per heavy atom. The van der Waals surface area contributed by atoms with Crippen LogP contribution in [0.4, 0.5) is 16.1 Å². The molecule has 0 aliphatic carbocycles. The highest BCUT2D eigenvalue weighted by Crippen LogP contribution is 2.35. The molecule has 0 unspecified atom stereocenters. The first-order valence-corrected chi connectivity index (χ1v) is 10.3. The van der Waals surface area contributed by atoms with Crippen molar-refractivity contribution in [3.05, 3.63) is 70.9 Å². The number of anilines is 3. The number of hydrogen-bond donors (Lipinski definition) is 2. The van der Waals surface area contributed by atoms with E-state index in [9.17, 15) is 4.79 Å². The highest BCUT2D eigenvalue weighted by atomic mass is 32.1. The lowest BCUT2D eigenvalue weighted by molar-refractivity contribution is 0.102. The Bertz CT molecular complexity index is 1120. The second-order valence-electron chi connectivity index (χ2n) is 6.08. The van der Waals surface area contributed by atoms with Crippen LogP contribution in [-0.4, -0.2) is 20.9 Å². The van der Waals surface area contributed by atoms with Crippen molar-refractivity contribution in [3.63, 3.8) is 0 Å². The Morgan fingerprint density at radius 2 is 1.75 bits per heavy atom. The van der Waals surface area contributed by atoms with Crippen LogP contribution in [0, 0.1) is 13.8 Å². The molecule has 1 amide bonds. The van der Waals surface area contributed by atoms with Crippen LogP contribution in [0.25, 0.3) is 10.6 Å². The summed E-state index contributed by atoms with van der Waals surface area (Å²) in [5, 5.41) is 9.38. The molecule has 4 aromatic rings. The van der Waals surface area contributed by atoms with Gasteiger partial charge in [0.05, 0.1) is 16.3 Å². The van der Waals surface area contributed by atoms with Gasteiger partial charge in [-0.1, -0.05) is 35.6 Å². The smallest absolute Gasteiger partial charge is 0.257 e. The van der Waals surface area contributed by atoms with Crippen LogP contribution in [-0.2, 0) is 0 Å². The minimum absolute atomic E-state index is 0.174. The number of hydrogen-bond acceptors (Lipinski definition) is 7.